The van der Waals surface area contributed by atoms with Gasteiger partial charge in [0.2, 0.25) is 0 Å². The molecule has 0 amide bonds. The fourth-order valence-electron chi connectivity index (χ4n) is 1.94. The number of rotatable bonds is 1. The monoisotopic (exact) mass is 181 g/mol. The Bertz CT molecular complexity index is 230. The van der Waals surface area contributed by atoms with Gasteiger partial charge in [0.25, 0.3) is 0 Å². The molecule has 1 aliphatic rings. The van der Waals surface area contributed by atoms with Crippen molar-refractivity contribution in [3.8, 4) is 0 Å². The van der Waals surface area contributed by atoms with E-state index in [0.717, 1.165) is 11.8 Å². The van der Waals surface area contributed by atoms with Crippen molar-refractivity contribution in [3.05, 3.63) is 22.4 Å². The van der Waals surface area contributed by atoms with Crippen LogP contribution in [0.5, 0.6) is 0 Å². The summed E-state index contributed by atoms with van der Waals surface area (Å²) < 4.78 is 0. The number of thiophene rings is 1. The number of nitrogens with one attached hydrogen (secondary N) is 1. The summed E-state index contributed by atoms with van der Waals surface area (Å²) in [7, 11) is 0. The quantitative estimate of drug-likeness (QED) is 0.702. The van der Waals surface area contributed by atoms with Crippen molar-refractivity contribution in [1.29, 1.82) is 0 Å². The Morgan fingerprint density at radius 3 is 3.17 bits per heavy atom. The Kier molecular flexibility index (Phi) is 2.47. The predicted molar refractivity (Wildman–Crippen MR) is 53.7 cm³/mol. The zero-order chi connectivity index (χ0) is 8.39. The van der Waals surface area contributed by atoms with E-state index in [2.05, 4.69) is 29.8 Å². The van der Waals surface area contributed by atoms with Gasteiger partial charge in [0.15, 0.2) is 0 Å². The lowest BCUT2D eigenvalue weighted by Crippen LogP contribution is -2.33. The number of hydrogen-bond acceptors (Lipinski definition) is 2. The summed E-state index contributed by atoms with van der Waals surface area (Å²) in [4.78, 5) is 1.57. The van der Waals surface area contributed by atoms with Crippen LogP contribution in [-0.2, 0) is 0 Å². The third kappa shape index (κ3) is 1.54. The van der Waals surface area contributed by atoms with Crippen LogP contribution in [0.25, 0.3) is 0 Å². The highest BCUT2D eigenvalue weighted by molar-refractivity contribution is 7.10. The maximum Gasteiger partial charge on any atom is 0.00798 e. The van der Waals surface area contributed by atoms with E-state index in [4.69, 9.17) is 0 Å². The molecule has 2 heterocycles. The molecular formula is C10H15NS. The topological polar surface area (TPSA) is 12.0 Å². The molecule has 0 aliphatic carbocycles. The van der Waals surface area contributed by atoms with E-state index in [1.165, 1.54) is 19.5 Å². The maximum absolute atomic E-state index is 3.43. The molecule has 1 nitrogen and oxygen atoms in total. The van der Waals surface area contributed by atoms with Gasteiger partial charge in [-0.3, -0.25) is 0 Å². The van der Waals surface area contributed by atoms with Gasteiger partial charge >= 0.3 is 0 Å². The van der Waals surface area contributed by atoms with Crippen LogP contribution in [0.3, 0.4) is 0 Å². The third-order valence-corrected chi connectivity index (χ3v) is 3.70. The Hall–Kier alpha value is -0.340. The van der Waals surface area contributed by atoms with E-state index in [9.17, 15) is 0 Å². The molecule has 2 rings (SSSR count). The summed E-state index contributed by atoms with van der Waals surface area (Å²) in [6, 6.07) is 4.44. The van der Waals surface area contributed by atoms with Crippen molar-refractivity contribution in [2.75, 3.05) is 13.1 Å². The molecule has 0 radical (unpaired) electrons. The fourth-order valence-corrected chi connectivity index (χ4v) is 2.94. The normalized spacial score (nSPS) is 30.4. The molecule has 1 N–H and O–H groups in total. The number of piperidine rings is 1. The van der Waals surface area contributed by atoms with Crippen LogP contribution in [0.1, 0.15) is 24.1 Å². The molecule has 2 atom stereocenters. The lowest BCUT2D eigenvalue weighted by atomic mass is 9.87. The largest absolute Gasteiger partial charge is 0.316 e. The average Bonchev–Trinajstić information content (AvgIpc) is 2.57. The highest BCUT2D eigenvalue weighted by Gasteiger charge is 2.22. The lowest BCUT2D eigenvalue weighted by molar-refractivity contribution is 0.353. The maximum atomic E-state index is 3.43. The van der Waals surface area contributed by atoms with Crippen molar-refractivity contribution in [2.24, 2.45) is 5.92 Å². The molecule has 12 heavy (non-hydrogen) atoms. The van der Waals surface area contributed by atoms with E-state index in [-0.39, 0.29) is 0 Å². The lowest BCUT2D eigenvalue weighted by Gasteiger charge is -2.28. The first-order valence-corrected chi connectivity index (χ1v) is 5.50. The van der Waals surface area contributed by atoms with Gasteiger partial charge in [-0.2, -0.15) is 0 Å². The van der Waals surface area contributed by atoms with Gasteiger partial charge in [0.1, 0.15) is 0 Å². The van der Waals surface area contributed by atoms with Gasteiger partial charge in [0.05, 0.1) is 0 Å². The summed E-state index contributed by atoms with van der Waals surface area (Å²) >= 11 is 1.91. The third-order valence-electron chi connectivity index (χ3n) is 2.69. The first-order valence-electron chi connectivity index (χ1n) is 4.62. The molecule has 0 aromatic carbocycles. The molecule has 1 aromatic rings. The van der Waals surface area contributed by atoms with E-state index in [1.807, 2.05) is 11.3 Å². The summed E-state index contributed by atoms with van der Waals surface area (Å²) in [5.74, 6) is 1.61. The summed E-state index contributed by atoms with van der Waals surface area (Å²) in [5.41, 5.74) is 0. The molecule has 2 unspecified atom stereocenters. The molecule has 0 bridgehead atoms. The summed E-state index contributed by atoms with van der Waals surface area (Å²) in [6.45, 7) is 4.71. The average molecular weight is 181 g/mol. The first kappa shape index (κ1) is 8.27. The van der Waals surface area contributed by atoms with Crippen molar-refractivity contribution in [2.45, 2.75) is 19.3 Å². The van der Waals surface area contributed by atoms with E-state index in [0.29, 0.717) is 0 Å². The molecule has 1 fully saturated rings. The van der Waals surface area contributed by atoms with Crippen molar-refractivity contribution >= 4 is 11.3 Å². The Morgan fingerprint density at radius 1 is 1.58 bits per heavy atom. The highest BCUT2D eigenvalue weighted by atomic mass is 32.1. The SMILES string of the molecule is CC1CNCCC1c1cccs1. The minimum atomic E-state index is 0.803. The van der Waals surface area contributed by atoms with E-state index < -0.39 is 0 Å². The Balaban J connectivity index is 2.11. The minimum absolute atomic E-state index is 0.803. The second kappa shape index (κ2) is 3.58. The summed E-state index contributed by atoms with van der Waals surface area (Å²) in [6.07, 6.45) is 1.31. The van der Waals surface area contributed by atoms with Gasteiger partial charge in [-0.1, -0.05) is 13.0 Å². The molecular weight excluding hydrogens is 166 g/mol. The van der Waals surface area contributed by atoms with Crippen LogP contribution in [0.2, 0.25) is 0 Å². The fraction of sp³-hybridized carbons (Fsp3) is 0.600. The van der Waals surface area contributed by atoms with Gasteiger partial charge < -0.3 is 5.32 Å². The second-order valence-corrected chi connectivity index (χ2v) is 4.57. The van der Waals surface area contributed by atoms with Crippen LogP contribution < -0.4 is 5.32 Å². The van der Waals surface area contributed by atoms with E-state index in [1.54, 1.807) is 4.88 Å². The van der Waals surface area contributed by atoms with Gasteiger partial charge in [-0.25, -0.2) is 0 Å². The van der Waals surface area contributed by atoms with Gasteiger partial charge in [0, 0.05) is 4.88 Å². The van der Waals surface area contributed by atoms with Crippen LogP contribution >= 0.6 is 11.3 Å². The second-order valence-electron chi connectivity index (χ2n) is 3.59. The van der Waals surface area contributed by atoms with Crippen molar-refractivity contribution in [3.63, 3.8) is 0 Å². The number of hydrogen-bond donors (Lipinski definition) is 1. The highest BCUT2D eigenvalue weighted by Crippen LogP contribution is 2.32. The smallest absolute Gasteiger partial charge is 0.00798 e. The molecule has 2 heteroatoms. The molecule has 1 aliphatic heterocycles. The molecule has 0 saturated carbocycles. The van der Waals surface area contributed by atoms with Crippen LogP contribution in [0.4, 0.5) is 0 Å². The zero-order valence-corrected chi connectivity index (χ0v) is 8.23. The van der Waals surface area contributed by atoms with Gasteiger partial charge in [-0.05, 0) is 42.8 Å². The van der Waals surface area contributed by atoms with Gasteiger partial charge in [-0.15, -0.1) is 11.3 Å². The van der Waals surface area contributed by atoms with Crippen molar-refractivity contribution in [1.82, 2.24) is 5.32 Å². The van der Waals surface area contributed by atoms with Crippen LogP contribution in [0, 0.1) is 5.92 Å². The summed E-state index contributed by atoms with van der Waals surface area (Å²) in [5, 5.41) is 5.62. The Labute approximate surface area is 77.8 Å². The van der Waals surface area contributed by atoms with E-state index >= 15 is 0 Å². The zero-order valence-electron chi connectivity index (χ0n) is 7.42. The first-order chi connectivity index (χ1) is 5.88. The molecule has 66 valence electrons. The van der Waals surface area contributed by atoms with Crippen LogP contribution in [0.15, 0.2) is 17.5 Å². The molecule has 1 aromatic heterocycles. The standard InChI is InChI=1S/C10H15NS/c1-8-7-11-5-4-9(8)10-3-2-6-12-10/h2-3,6,8-9,11H,4-5,7H2,1H3. The predicted octanol–water partition coefficient (Wildman–Crippen LogP) is 2.46. The Morgan fingerprint density at radius 2 is 2.50 bits per heavy atom. The molecule has 0 spiro atoms. The molecule has 1 saturated heterocycles. The van der Waals surface area contributed by atoms with Crippen LogP contribution in [-0.4, -0.2) is 13.1 Å². The minimum Gasteiger partial charge on any atom is -0.316 e. The van der Waals surface area contributed by atoms with Crippen molar-refractivity contribution < 1.29 is 0 Å².